The highest BCUT2D eigenvalue weighted by Gasteiger charge is 2.02. The highest BCUT2D eigenvalue weighted by atomic mass is 19.1. The Morgan fingerprint density at radius 2 is 2.00 bits per heavy atom. The first-order chi connectivity index (χ1) is 8.26. The molecule has 1 aromatic carbocycles. The van der Waals surface area contributed by atoms with Crippen LogP contribution in [0.25, 0.3) is 0 Å². The van der Waals surface area contributed by atoms with Crippen LogP contribution >= 0.6 is 0 Å². The Morgan fingerprint density at radius 1 is 1.29 bits per heavy atom. The van der Waals surface area contributed by atoms with Gasteiger partial charge in [-0.15, -0.1) is 6.58 Å². The van der Waals surface area contributed by atoms with E-state index in [-0.39, 0.29) is 5.82 Å². The second kappa shape index (κ2) is 7.88. The minimum atomic E-state index is -0.190. The number of anilines is 1. The Morgan fingerprint density at radius 3 is 2.59 bits per heavy atom. The number of allylic oxidation sites excluding steroid dienone is 1. The fourth-order valence-corrected chi connectivity index (χ4v) is 1.92. The molecule has 1 aromatic rings. The van der Waals surface area contributed by atoms with Crippen molar-refractivity contribution in [1.29, 1.82) is 0 Å². The summed E-state index contributed by atoms with van der Waals surface area (Å²) in [6.45, 7) is 7.00. The fraction of sp³-hybridized carbons (Fsp3) is 0.467. The lowest BCUT2D eigenvalue weighted by atomic mass is 9.98. The van der Waals surface area contributed by atoms with Gasteiger partial charge in [0.15, 0.2) is 0 Å². The van der Waals surface area contributed by atoms with E-state index in [0.29, 0.717) is 5.92 Å². The topological polar surface area (TPSA) is 12.0 Å². The highest BCUT2D eigenvalue weighted by molar-refractivity contribution is 5.42. The van der Waals surface area contributed by atoms with Gasteiger partial charge in [0.2, 0.25) is 0 Å². The van der Waals surface area contributed by atoms with E-state index < -0.39 is 0 Å². The zero-order chi connectivity index (χ0) is 12.5. The zero-order valence-electron chi connectivity index (χ0n) is 10.6. The van der Waals surface area contributed by atoms with Crippen LogP contribution in [0.15, 0.2) is 36.9 Å². The van der Waals surface area contributed by atoms with E-state index in [1.54, 1.807) is 12.1 Å². The summed E-state index contributed by atoms with van der Waals surface area (Å²) in [5.74, 6) is 0.445. The summed E-state index contributed by atoms with van der Waals surface area (Å²) in [6.07, 6.45) is 6.78. The Labute approximate surface area is 104 Å². The first-order valence-electron chi connectivity index (χ1n) is 6.38. The number of rotatable bonds is 8. The second-order valence-electron chi connectivity index (χ2n) is 4.36. The van der Waals surface area contributed by atoms with Crippen LogP contribution in [0.5, 0.6) is 0 Å². The van der Waals surface area contributed by atoms with Crippen LogP contribution in [0.2, 0.25) is 0 Å². The van der Waals surface area contributed by atoms with Crippen LogP contribution in [0.3, 0.4) is 0 Å². The van der Waals surface area contributed by atoms with Gasteiger partial charge in [-0.3, -0.25) is 0 Å². The minimum absolute atomic E-state index is 0.190. The Bertz CT molecular complexity index is 318. The third-order valence-corrected chi connectivity index (χ3v) is 2.92. The maximum Gasteiger partial charge on any atom is 0.123 e. The van der Waals surface area contributed by atoms with Gasteiger partial charge in [-0.25, -0.2) is 4.39 Å². The molecule has 0 aromatic heterocycles. The maximum absolute atomic E-state index is 12.7. The number of nitrogens with one attached hydrogen (secondary N) is 1. The fourth-order valence-electron chi connectivity index (χ4n) is 1.92. The molecule has 1 rings (SSSR count). The molecule has 1 atom stereocenters. The molecule has 1 N–H and O–H groups in total. The average molecular weight is 235 g/mol. The number of halogens is 1. The molecule has 94 valence electrons. The molecule has 0 aliphatic rings. The predicted octanol–water partition coefficient (Wildman–Crippen LogP) is 4.62. The van der Waals surface area contributed by atoms with Gasteiger partial charge in [0.05, 0.1) is 0 Å². The van der Waals surface area contributed by atoms with Gasteiger partial charge in [-0.05, 0) is 49.4 Å². The van der Waals surface area contributed by atoms with Crippen molar-refractivity contribution in [2.45, 2.75) is 32.6 Å². The van der Waals surface area contributed by atoms with Crippen molar-refractivity contribution in [2.75, 3.05) is 11.9 Å². The lowest BCUT2D eigenvalue weighted by Crippen LogP contribution is -2.04. The van der Waals surface area contributed by atoms with E-state index in [9.17, 15) is 4.39 Å². The standard InChI is InChI=1S/C15H22FN/c1-3-6-13(4-2)7-5-12-17-15-10-8-14(16)9-11-15/h4,8-11,13,17H,2-3,5-7,12H2,1H3. The van der Waals surface area contributed by atoms with Crippen molar-refractivity contribution in [1.82, 2.24) is 0 Å². The molecule has 0 bridgehead atoms. The molecule has 0 aliphatic carbocycles. The van der Waals surface area contributed by atoms with Crippen LogP contribution < -0.4 is 5.32 Å². The summed E-state index contributed by atoms with van der Waals surface area (Å²) in [4.78, 5) is 0. The van der Waals surface area contributed by atoms with Crippen molar-refractivity contribution < 1.29 is 4.39 Å². The smallest absolute Gasteiger partial charge is 0.123 e. The van der Waals surface area contributed by atoms with Crippen molar-refractivity contribution >= 4 is 5.69 Å². The Hall–Kier alpha value is -1.31. The molecule has 0 saturated heterocycles. The molecule has 0 saturated carbocycles. The summed E-state index contributed by atoms with van der Waals surface area (Å²) >= 11 is 0. The lowest BCUT2D eigenvalue weighted by molar-refractivity contribution is 0.525. The van der Waals surface area contributed by atoms with Crippen LogP contribution in [0, 0.1) is 11.7 Å². The van der Waals surface area contributed by atoms with Gasteiger partial charge >= 0.3 is 0 Å². The second-order valence-corrected chi connectivity index (χ2v) is 4.36. The molecule has 0 heterocycles. The molecule has 2 heteroatoms. The molecule has 0 amide bonds. The normalized spacial score (nSPS) is 12.1. The molecule has 1 nitrogen and oxygen atoms in total. The van der Waals surface area contributed by atoms with E-state index >= 15 is 0 Å². The van der Waals surface area contributed by atoms with Crippen LogP contribution in [-0.4, -0.2) is 6.54 Å². The monoisotopic (exact) mass is 235 g/mol. The minimum Gasteiger partial charge on any atom is -0.385 e. The lowest BCUT2D eigenvalue weighted by Gasteiger charge is -2.11. The van der Waals surface area contributed by atoms with Crippen LogP contribution in [0.1, 0.15) is 32.6 Å². The number of benzene rings is 1. The van der Waals surface area contributed by atoms with E-state index in [4.69, 9.17) is 0 Å². The third-order valence-electron chi connectivity index (χ3n) is 2.92. The molecular weight excluding hydrogens is 213 g/mol. The molecule has 0 spiro atoms. The summed E-state index contributed by atoms with van der Waals surface area (Å²) in [5.41, 5.74) is 0.983. The molecule has 0 fully saturated rings. The number of hydrogen-bond acceptors (Lipinski definition) is 1. The molecule has 0 radical (unpaired) electrons. The molecule has 1 unspecified atom stereocenters. The molecular formula is C15H22FN. The summed E-state index contributed by atoms with van der Waals surface area (Å²) in [5, 5.41) is 3.29. The van der Waals surface area contributed by atoms with E-state index in [1.807, 2.05) is 0 Å². The first kappa shape index (κ1) is 13.8. The van der Waals surface area contributed by atoms with Crippen molar-refractivity contribution in [3.05, 3.63) is 42.7 Å². The van der Waals surface area contributed by atoms with E-state index in [0.717, 1.165) is 18.7 Å². The quantitative estimate of drug-likeness (QED) is 0.512. The van der Waals surface area contributed by atoms with Gasteiger partial charge in [-0.1, -0.05) is 19.4 Å². The molecule has 0 aliphatic heterocycles. The number of hydrogen-bond donors (Lipinski definition) is 1. The van der Waals surface area contributed by atoms with Gasteiger partial charge in [0.25, 0.3) is 0 Å². The largest absolute Gasteiger partial charge is 0.385 e. The predicted molar refractivity (Wildman–Crippen MR) is 72.7 cm³/mol. The third kappa shape index (κ3) is 5.53. The van der Waals surface area contributed by atoms with Crippen molar-refractivity contribution in [3.8, 4) is 0 Å². The Balaban J connectivity index is 2.19. The summed E-state index contributed by atoms with van der Waals surface area (Å²) < 4.78 is 12.7. The van der Waals surface area contributed by atoms with Crippen LogP contribution in [-0.2, 0) is 0 Å². The van der Waals surface area contributed by atoms with Crippen molar-refractivity contribution in [3.63, 3.8) is 0 Å². The van der Waals surface area contributed by atoms with Gasteiger partial charge < -0.3 is 5.32 Å². The summed E-state index contributed by atoms with van der Waals surface area (Å²) in [7, 11) is 0. The summed E-state index contributed by atoms with van der Waals surface area (Å²) in [6, 6.07) is 6.50. The zero-order valence-corrected chi connectivity index (χ0v) is 10.6. The van der Waals surface area contributed by atoms with Gasteiger partial charge in [-0.2, -0.15) is 0 Å². The van der Waals surface area contributed by atoms with Gasteiger partial charge in [0.1, 0.15) is 5.82 Å². The SMILES string of the molecule is C=CC(CCC)CCCNc1ccc(F)cc1. The maximum atomic E-state index is 12.7. The Kier molecular flexibility index (Phi) is 6.38. The molecule has 17 heavy (non-hydrogen) atoms. The highest BCUT2D eigenvalue weighted by Crippen LogP contribution is 2.15. The van der Waals surface area contributed by atoms with Crippen LogP contribution in [0.4, 0.5) is 10.1 Å². The average Bonchev–Trinajstić information content (AvgIpc) is 2.35. The van der Waals surface area contributed by atoms with Crippen molar-refractivity contribution in [2.24, 2.45) is 5.92 Å². The van der Waals surface area contributed by atoms with E-state index in [2.05, 4.69) is 24.9 Å². The van der Waals surface area contributed by atoms with Gasteiger partial charge in [0, 0.05) is 12.2 Å². The first-order valence-corrected chi connectivity index (χ1v) is 6.38. The van der Waals surface area contributed by atoms with E-state index in [1.165, 1.54) is 31.4 Å².